The van der Waals surface area contributed by atoms with Crippen LogP contribution in [-0.4, -0.2) is 4.98 Å². The molecule has 1 heterocycles. The van der Waals surface area contributed by atoms with Crippen LogP contribution in [0.4, 0.5) is 0 Å². The molecule has 0 atom stereocenters. The van der Waals surface area contributed by atoms with Gasteiger partial charge in [-0.25, -0.2) is 0 Å². The molecular weight excluding hydrogens is 194 g/mol. The Kier molecular flexibility index (Phi) is 2.20. The first-order chi connectivity index (χ1) is 6.57. The van der Waals surface area contributed by atoms with E-state index in [-0.39, 0.29) is 4.87 Å². The number of hydrogen-bond acceptors (Lipinski definition) is 1. The standard InChI is InChI=1S/C12H12ClN/c1-12(2,13)10-7-9-5-3-4-6-11(9)14-8-10/h3-8H,1-2H3. The van der Waals surface area contributed by atoms with E-state index in [0.717, 1.165) is 16.5 Å². The molecule has 0 aliphatic heterocycles. The Hall–Kier alpha value is -1.08. The van der Waals surface area contributed by atoms with E-state index in [9.17, 15) is 0 Å². The van der Waals surface area contributed by atoms with E-state index in [0.29, 0.717) is 0 Å². The molecule has 2 heteroatoms. The number of aromatic nitrogens is 1. The summed E-state index contributed by atoms with van der Waals surface area (Å²) >= 11 is 6.22. The Bertz CT molecular complexity index is 457. The third-order valence-electron chi connectivity index (χ3n) is 2.28. The van der Waals surface area contributed by atoms with Crippen LogP contribution in [0.25, 0.3) is 10.9 Å². The fourth-order valence-electron chi connectivity index (χ4n) is 1.40. The molecule has 2 rings (SSSR count). The van der Waals surface area contributed by atoms with Gasteiger partial charge in [0.1, 0.15) is 0 Å². The van der Waals surface area contributed by atoms with E-state index >= 15 is 0 Å². The van der Waals surface area contributed by atoms with Gasteiger partial charge in [0.05, 0.1) is 10.4 Å². The highest BCUT2D eigenvalue weighted by molar-refractivity contribution is 6.23. The summed E-state index contributed by atoms with van der Waals surface area (Å²) in [4.78, 5) is 4.01. The van der Waals surface area contributed by atoms with Crippen molar-refractivity contribution in [3.05, 3.63) is 42.1 Å². The number of benzene rings is 1. The molecular formula is C12H12ClN. The monoisotopic (exact) mass is 205 g/mol. The summed E-state index contributed by atoms with van der Waals surface area (Å²) in [6.45, 7) is 3.95. The predicted octanol–water partition coefficient (Wildman–Crippen LogP) is 3.71. The second-order valence-electron chi connectivity index (χ2n) is 3.89. The molecule has 0 fully saturated rings. The highest BCUT2D eigenvalue weighted by atomic mass is 35.5. The summed E-state index contributed by atoms with van der Waals surface area (Å²) in [6, 6.07) is 10.1. The van der Waals surface area contributed by atoms with Crippen LogP contribution in [0, 0.1) is 0 Å². The van der Waals surface area contributed by atoms with Gasteiger partial charge in [-0.05, 0) is 31.5 Å². The number of para-hydroxylation sites is 1. The Morgan fingerprint density at radius 1 is 1.21 bits per heavy atom. The van der Waals surface area contributed by atoms with Crippen LogP contribution in [0.1, 0.15) is 19.4 Å². The second-order valence-corrected chi connectivity index (χ2v) is 4.83. The SMILES string of the molecule is CC(C)(Cl)c1cnc2ccccc2c1. The lowest BCUT2D eigenvalue weighted by Gasteiger charge is -2.15. The topological polar surface area (TPSA) is 12.9 Å². The van der Waals surface area contributed by atoms with Crippen molar-refractivity contribution in [1.29, 1.82) is 0 Å². The first-order valence-electron chi connectivity index (χ1n) is 4.61. The summed E-state index contributed by atoms with van der Waals surface area (Å²) in [5, 5.41) is 1.14. The van der Waals surface area contributed by atoms with Crippen molar-refractivity contribution in [2.45, 2.75) is 18.7 Å². The van der Waals surface area contributed by atoms with Crippen LogP contribution < -0.4 is 0 Å². The van der Waals surface area contributed by atoms with Gasteiger partial charge in [0.25, 0.3) is 0 Å². The van der Waals surface area contributed by atoms with Gasteiger partial charge >= 0.3 is 0 Å². The lowest BCUT2D eigenvalue weighted by Crippen LogP contribution is -2.07. The van der Waals surface area contributed by atoms with Crippen LogP contribution in [-0.2, 0) is 4.87 Å². The number of rotatable bonds is 1. The number of fused-ring (bicyclic) bond motifs is 1. The minimum Gasteiger partial charge on any atom is -0.256 e. The summed E-state index contributed by atoms with van der Waals surface area (Å²) in [6.07, 6.45) is 1.84. The largest absolute Gasteiger partial charge is 0.256 e. The van der Waals surface area contributed by atoms with Gasteiger partial charge in [0.2, 0.25) is 0 Å². The quantitative estimate of drug-likeness (QED) is 0.647. The average Bonchev–Trinajstić information content (AvgIpc) is 2.16. The Morgan fingerprint density at radius 2 is 1.93 bits per heavy atom. The van der Waals surface area contributed by atoms with E-state index in [4.69, 9.17) is 11.6 Å². The fraction of sp³-hybridized carbons (Fsp3) is 0.250. The summed E-state index contributed by atoms with van der Waals surface area (Å²) in [7, 11) is 0. The van der Waals surface area contributed by atoms with Crippen LogP contribution in [0.2, 0.25) is 0 Å². The molecule has 1 nitrogen and oxygen atoms in total. The lowest BCUT2D eigenvalue weighted by atomic mass is 10.0. The maximum absolute atomic E-state index is 6.22. The van der Waals surface area contributed by atoms with E-state index in [1.54, 1.807) is 0 Å². The maximum Gasteiger partial charge on any atom is 0.0702 e. The predicted molar refractivity (Wildman–Crippen MR) is 60.6 cm³/mol. The van der Waals surface area contributed by atoms with Crippen LogP contribution >= 0.6 is 11.6 Å². The zero-order valence-electron chi connectivity index (χ0n) is 8.29. The van der Waals surface area contributed by atoms with Gasteiger partial charge in [-0.3, -0.25) is 4.98 Å². The van der Waals surface area contributed by atoms with Crippen LogP contribution in [0.15, 0.2) is 36.5 Å². The van der Waals surface area contributed by atoms with Crippen molar-refractivity contribution in [1.82, 2.24) is 4.98 Å². The zero-order valence-corrected chi connectivity index (χ0v) is 9.05. The summed E-state index contributed by atoms with van der Waals surface area (Å²) < 4.78 is 0. The fourth-order valence-corrected chi connectivity index (χ4v) is 1.50. The van der Waals surface area contributed by atoms with Crippen molar-refractivity contribution < 1.29 is 0 Å². The van der Waals surface area contributed by atoms with E-state index in [2.05, 4.69) is 17.1 Å². The lowest BCUT2D eigenvalue weighted by molar-refractivity contribution is 0.763. The zero-order chi connectivity index (χ0) is 10.2. The molecule has 0 amide bonds. The van der Waals surface area contributed by atoms with Gasteiger partial charge < -0.3 is 0 Å². The van der Waals surface area contributed by atoms with Gasteiger partial charge in [-0.15, -0.1) is 11.6 Å². The first kappa shape index (κ1) is 9.47. The van der Waals surface area contributed by atoms with Gasteiger partial charge in [0.15, 0.2) is 0 Å². The van der Waals surface area contributed by atoms with Gasteiger partial charge in [-0.2, -0.15) is 0 Å². The molecule has 0 spiro atoms. The molecule has 2 aromatic rings. The third kappa shape index (κ3) is 1.73. The number of nitrogens with zero attached hydrogens (tertiary/aromatic N) is 1. The molecule has 0 radical (unpaired) electrons. The molecule has 72 valence electrons. The smallest absolute Gasteiger partial charge is 0.0702 e. The maximum atomic E-state index is 6.22. The van der Waals surface area contributed by atoms with E-state index in [1.165, 1.54) is 0 Å². The molecule has 14 heavy (non-hydrogen) atoms. The Morgan fingerprint density at radius 3 is 2.64 bits per heavy atom. The van der Waals surface area contributed by atoms with E-state index in [1.807, 2.05) is 38.2 Å². The molecule has 0 bridgehead atoms. The molecule has 1 aromatic heterocycles. The minimum absolute atomic E-state index is 0.350. The summed E-state index contributed by atoms with van der Waals surface area (Å²) in [5.41, 5.74) is 2.06. The number of alkyl halides is 1. The van der Waals surface area contributed by atoms with Crippen molar-refractivity contribution in [3.8, 4) is 0 Å². The van der Waals surface area contributed by atoms with Crippen molar-refractivity contribution >= 4 is 22.5 Å². The first-order valence-corrected chi connectivity index (χ1v) is 4.99. The van der Waals surface area contributed by atoms with Gasteiger partial charge in [0, 0.05) is 11.6 Å². The molecule has 0 aliphatic carbocycles. The van der Waals surface area contributed by atoms with E-state index < -0.39 is 0 Å². The Balaban J connectivity index is 2.63. The van der Waals surface area contributed by atoms with Crippen molar-refractivity contribution in [3.63, 3.8) is 0 Å². The third-order valence-corrected chi connectivity index (χ3v) is 2.50. The second kappa shape index (κ2) is 3.25. The highest BCUT2D eigenvalue weighted by Gasteiger charge is 2.16. The van der Waals surface area contributed by atoms with Gasteiger partial charge in [-0.1, -0.05) is 18.2 Å². The number of halogens is 1. The van der Waals surface area contributed by atoms with Crippen LogP contribution in [0.3, 0.4) is 0 Å². The minimum atomic E-state index is -0.350. The average molecular weight is 206 g/mol. The molecule has 0 N–H and O–H groups in total. The number of hydrogen-bond donors (Lipinski definition) is 0. The highest BCUT2D eigenvalue weighted by Crippen LogP contribution is 2.28. The Labute approximate surface area is 88.7 Å². The van der Waals surface area contributed by atoms with Crippen molar-refractivity contribution in [2.24, 2.45) is 0 Å². The molecule has 1 aromatic carbocycles. The normalized spacial score (nSPS) is 11.9. The summed E-state index contributed by atoms with van der Waals surface area (Å²) in [5.74, 6) is 0. The van der Waals surface area contributed by atoms with Crippen LogP contribution in [0.5, 0.6) is 0 Å². The molecule has 0 unspecified atom stereocenters. The molecule has 0 saturated carbocycles. The van der Waals surface area contributed by atoms with Crippen molar-refractivity contribution in [2.75, 3.05) is 0 Å². The number of pyridine rings is 1. The molecule has 0 aliphatic rings. The molecule has 0 saturated heterocycles.